The third kappa shape index (κ3) is 3.61. The first-order valence-corrected chi connectivity index (χ1v) is 8.94. The summed E-state index contributed by atoms with van der Waals surface area (Å²) in [6.45, 7) is 3.38. The Bertz CT molecular complexity index is 764. The van der Waals surface area contributed by atoms with Crippen molar-refractivity contribution in [3.8, 4) is 0 Å². The number of esters is 1. The highest BCUT2D eigenvalue weighted by atomic mass is 16.6. The van der Waals surface area contributed by atoms with Crippen molar-refractivity contribution in [2.75, 3.05) is 0 Å². The molecule has 1 saturated carbocycles. The third-order valence-corrected chi connectivity index (χ3v) is 4.95. The van der Waals surface area contributed by atoms with Crippen molar-refractivity contribution in [1.29, 1.82) is 0 Å². The summed E-state index contributed by atoms with van der Waals surface area (Å²) in [7, 11) is 0. The first-order chi connectivity index (χ1) is 12.5. The number of aromatic nitrogens is 1. The van der Waals surface area contributed by atoms with Crippen molar-refractivity contribution in [3.63, 3.8) is 0 Å². The lowest BCUT2D eigenvalue weighted by Crippen LogP contribution is -2.33. The van der Waals surface area contributed by atoms with Crippen molar-refractivity contribution in [2.45, 2.75) is 58.0 Å². The maximum atomic E-state index is 12.9. The van der Waals surface area contributed by atoms with Crippen LogP contribution >= 0.6 is 0 Å². The van der Waals surface area contributed by atoms with Crippen molar-refractivity contribution in [2.24, 2.45) is 0 Å². The summed E-state index contributed by atoms with van der Waals surface area (Å²) in [6.07, 6.45) is 6.37. The number of nitrogens with one attached hydrogen (secondary N) is 1. The van der Waals surface area contributed by atoms with Crippen LogP contribution < -0.4 is 5.32 Å². The molecule has 1 fully saturated rings. The lowest BCUT2D eigenvalue weighted by atomic mass is 9.86. The molecule has 7 heteroatoms. The van der Waals surface area contributed by atoms with Crippen LogP contribution in [0, 0.1) is 10.1 Å². The lowest BCUT2D eigenvalue weighted by molar-refractivity contribution is -0.431. The molecule has 1 aromatic heterocycles. The van der Waals surface area contributed by atoms with E-state index in [0.717, 1.165) is 32.1 Å². The van der Waals surface area contributed by atoms with Gasteiger partial charge in [-0.1, -0.05) is 12.5 Å². The molecular weight excluding hydrogens is 334 g/mol. The molecule has 0 amide bonds. The van der Waals surface area contributed by atoms with E-state index in [2.05, 4.69) is 10.3 Å². The van der Waals surface area contributed by atoms with Crippen molar-refractivity contribution in [3.05, 3.63) is 62.9 Å². The van der Waals surface area contributed by atoms with Crippen LogP contribution in [0.2, 0.25) is 0 Å². The number of ether oxygens (including phenoxy) is 1. The van der Waals surface area contributed by atoms with E-state index in [-0.39, 0.29) is 17.4 Å². The number of nitro groups is 1. The maximum Gasteiger partial charge on any atom is 0.337 e. The van der Waals surface area contributed by atoms with Gasteiger partial charge in [0.1, 0.15) is 12.0 Å². The highest BCUT2D eigenvalue weighted by Crippen LogP contribution is 2.38. The number of allylic oxidation sites excluding steroid dienone is 3. The number of hydrogen-bond acceptors (Lipinski definition) is 6. The topological polar surface area (TPSA) is 94.4 Å². The van der Waals surface area contributed by atoms with E-state index in [0.29, 0.717) is 17.1 Å². The van der Waals surface area contributed by atoms with Gasteiger partial charge >= 0.3 is 5.97 Å². The van der Waals surface area contributed by atoms with E-state index in [4.69, 9.17) is 4.74 Å². The molecule has 7 nitrogen and oxygen atoms in total. The van der Waals surface area contributed by atoms with Gasteiger partial charge in [0.15, 0.2) is 0 Å². The monoisotopic (exact) mass is 357 g/mol. The minimum Gasteiger partial charge on any atom is -0.459 e. The second-order valence-corrected chi connectivity index (χ2v) is 6.78. The average Bonchev–Trinajstić information content (AvgIpc) is 2.62. The zero-order valence-electron chi connectivity index (χ0n) is 15.0. The van der Waals surface area contributed by atoms with Crippen LogP contribution in [0.5, 0.6) is 0 Å². The maximum absolute atomic E-state index is 12.9. The molecule has 0 saturated heterocycles. The Balaban J connectivity index is 1.98. The first-order valence-electron chi connectivity index (χ1n) is 8.94. The summed E-state index contributed by atoms with van der Waals surface area (Å²) in [5.74, 6) is -1.34. The van der Waals surface area contributed by atoms with Gasteiger partial charge < -0.3 is 10.1 Å². The van der Waals surface area contributed by atoms with Gasteiger partial charge in [-0.2, -0.15) is 0 Å². The van der Waals surface area contributed by atoms with Crippen molar-refractivity contribution >= 4 is 5.97 Å². The predicted octanol–water partition coefficient (Wildman–Crippen LogP) is 3.43. The molecule has 0 radical (unpaired) electrons. The number of hydrogen-bond donors (Lipinski definition) is 1. The Morgan fingerprint density at radius 1 is 1.23 bits per heavy atom. The third-order valence-electron chi connectivity index (χ3n) is 4.95. The van der Waals surface area contributed by atoms with Gasteiger partial charge in [-0.3, -0.25) is 15.1 Å². The fraction of sp³-hybridized carbons (Fsp3) is 0.474. The molecule has 0 aromatic carbocycles. The Kier molecular flexibility index (Phi) is 5.35. The average molecular weight is 357 g/mol. The van der Waals surface area contributed by atoms with Gasteiger partial charge in [0, 0.05) is 11.9 Å². The normalized spacial score (nSPS) is 21.4. The second-order valence-electron chi connectivity index (χ2n) is 6.78. The van der Waals surface area contributed by atoms with Crippen LogP contribution in [-0.2, 0) is 9.53 Å². The van der Waals surface area contributed by atoms with E-state index in [1.54, 1.807) is 38.2 Å². The summed E-state index contributed by atoms with van der Waals surface area (Å²) in [4.78, 5) is 28.5. The largest absolute Gasteiger partial charge is 0.459 e. The Morgan fingerprint density at radius 2 is 1.96 bits per heavy atom. The minimum absolute atomic E-state index is 0.0649. The first kappa shape index (κ1) is 18.1. The van der Waals surface area contributed by atoms with Crippen LogP contribution in [0.3, 0.4) is 0 Å². The van der Waals surface area contributed by atoms with Crippen LogP contribution in [0.1, 0.15) is 57.6 Å². The fourth-order valence-corrected chi connectivity index (χ4v) is 3.73. The molecule has 1 aromatic rings. The smallest absolute Gasteiger partial charge is 0.337 e. The highest BCUT2D eigenvalue weighted by molar-refractivity contribution is 5.92. The van der Waals surface area contributed by atoms with Crippen molar-refractivity contribution in [1.82, 2.24) is 10.3 Å². The van der Waals surface area contributed by atoms with E-state index in [1.165, 1.54) is 0 Å². The van der Waals surface area contributed by atoms with Crippen LogP contribution in [0.25, 0.3) is 0 Å². The number of rotatable bonds is 4. The Hall–Kier alpha value is -2.70. The second kappa shape index (κ2) is 7.68. The molecule has 1 aliphatic carbocycles. The number of pyridine rings is 1. The number of carbonyl (C=O) groups excluding carboxylic acids is 1. The zero-order chi connectivity index (χ0) is 18.7. The molecular formula is C19H23N3O4. The molecule has 1 unspecified atom stereocenters. The van der Waals surface area contributed by atoms with Crippen LogP contribution in [0.15, 0.2) is 47.1 Å². The Morgan fingerprint density at radius 3 is 2.58 bits per heavy atom. The fourth-order valence-electron chi connectivity index (χ4n) is 3.73. The molecule has 138 valence electrons. The van der Waals surface area contributed by atoms with E-state index < -0.39 is 16.8 Å². The number of carbonyl (C=O) groups is 1. The number of nitrogens with zero attached hydrogens (tertiary/aromatic N) is 2. The van der Waals surface area contributed by atoms with Gasteiger partial charge in [-0.25, -0.2) is 4.79 Å². The SMILES string of the molecule is CC1=C(C(=O)OC2CCCCC2)C(c2ccccn2)C([N+](=O)[O-])=C(C)N1. The van der Waals surface area contributed by atoms with E-state index >= 15 is 0 Å². The van der Waals surface area contributed by atoms with Gasteiger partial charge in [-0.15, -0.1) is 0 Å². The molecule has 2 aliphatic rings. The number of dihydropyridines is 1. The molecule has 1 atom stereocenters. The van der Waals surface area contributed by atoms with Gasteiger partial charge in [0.05, 0.1) is 21.9 Å². The molecule has 1 aliphatic heterocycles. The minimum atomic E-state index is -0.844. The van der Waals surface area contributed by atoms with Crippen LogP contribution in [-0.4, -0.2) is 22.0 Å². The predicted molar refractivity (Wildman–Crippen MR) is 95.5 cm³/mol. The molecule has 2 heterocycles. The standard InChI is InChI=1S/C19H23N3O4/c1-12-16(19(23)26-14-8-4-3-5-9-14)17(15-10-6-7-11-20-15)18(22(24)25)13(2)21-12/h6-7,10-11,14,17,21H,3-5,8-9H2,1-2H3. The summed E-state index contributed by atoms with van der Waals surface area (Å²) in [5.41, 5.74) is 1.66. The molecule has 0 spiro atoms. The molecule has 0 bridgehead atoms. The molecule has 1 N–H and O–H groups in total. The van der Waals surface area contributed by atoms with Crippen molar-refractivity contribution < 1.29 is 14.5 Å². The van der Waals surface area contributed by atoms with E-state index in [9.17, 15) is 14.9 Å². The summed E-state index contributed by atoms with van der Waals surface area (Å²) in [5, 5.41) is 14.7. The highest BCUT2D eigenvalue weighted by Gasteiger charge is 2.42. The van der Waals surface area contributed by atoms with Gasteiger partial charge in [-0.05, 0) is 51.7 Å². The Labute approximate surface area is 152 Å². The lowest BCUT2D eigenvalue weighted by Gasteiger charge is -2.28. The zero-order valence-corrected chi connectivity index (χ0v) is 15.0. The summed E-state index contributed by atoms with van der Waals surface area (Å²) >= 11 is 0. The summed E-state index contributed by atoms with van der Waals surface area (Å²) < 4.78 is 5.71. The molecule has 26 heavy (non-hydrogen) atoms. The van der Waals surface area contributed by atoms with Crippen LogP contribution in [0.4, 0.5) is 0 Å². The van der Waals surface area contributed by atoms with E-state index in [1.807, 2.05) is 0 Å². The van der Waals surface area contributed by atoms with Gasteiger partial charge in [0.25, 0.3) is 5.70 Å². The summed E-state index contributed by atoms with van der Waals surface area (Å²) in [6, 6.07) is 5.20. The quantitative estimate of drug-likeness (QED) is 0.504. The molecule has 3 rings (SSSR count). The van der Waals surface area contributed by atoms with Gasteiger partial charge in [0.2, 0.25) is 0 Å².